The van der Waals surface area contributed by atoms with Gasteiger partial charge in [0.2, 0.25) is 5.91 Å². The molecule has 0 aromatic heterocycles. The summed E-state index contributed by atoms with van der Waals surface area (Å²) in [5.74, 6) is 0.177. The minimum Gasteiger partial charge on any atom is -0.349 e. The van der Waals surface area contributed by atoms with Gasteiger partial charge in [-0.05, 0) is 19.3 Å². The molecule has 3 heteroatoms. The van der Waals surface area contributed by atoms with Gasteiger partial charge >= 0.3 is 0 Å². The predicted octanol–water partition coefficient (Wildman–Crippen LogP) is 1.17. The molecule has 1 rings (SSSR count). The Bertz CT molecular complexity index is 176. The van der Waals surface area contributed by atoms with Gasteiger partial charge in [0.1, 0.15) is 0 Å². The van der Waals surface area contributed by atoms with Crippen LogP contribution in [0.3, 0.4) is 0 Å². The van der Waals surface area contributed by atoms with Crippen LogP contribution in [0.5, 0.6) is 0 Å². The minimum atomic E-state index is -0.0106. The van der Waals surface area contributed by atoms with Gasteiger partial charge in [-0.25, -0.2) is 0 Å². The molecule has 0 bridgehead atoms. The fraction of sp³-hybridized carbons (Fsp3) is 0.900. The summed E-state index contributed by atoms with van der Waals surface area (Å²) in [6, 6.07) is 0. The van der Waals surface area contributed by atoms with E-state index < -0.39 is 0 Å². The Morgan fingerprint density at radius 1 is 1.46 bits per heavy atom. The van der Waals surface area contributed by atoms with E-state index in [4.69, 9.17) is 5.73 Å². The maximum Gasteiger partial charge on any atom is 0.220 e. The molecule has 1 fully saturated rings. The Kier molecular flexibility index (Phi) is 3.72. The number of hydrogen-bond acceptors (Lipinski definition) is 2. The molecular formula is C10H20N2O. The number of carbonyl (C=O) groups excluding carboxylic acids is 1. The van der Waals surface area contributed by atoms with Crippen molar-refractivity contribution >= 4 is 5.91 Å². The highest BCUT2D eigenvalue weighted by Gasteiger charge is 2.42. The molecule has 0 aliphatic heterocycles. The van der Waals surface area contributed by atoms with E-state index in [0.717, 1.165) is 32.1 Å². The van der Waals surface area contributed by atoms with Gasteiger partial charge in [-0.2, -0.15) is 0 Å². The molecule has 1 saturated carbocycles. The van der Waals surface area contributed by atoms with Gasteiger partial charge in [0.25, 0.3) is 0 Å². The van der Waals surface area contributed by atoms with Crippen LogP contribution in [-0.2, 0) is 4.79 Å². The van der Waals surface area contributed by atoms with Crippen molar-refractivity contribution in [3.8, 4) is 0 Å². The van der Waals surface area contributed by atoms with Gasteiger partial charge in [-0.1, -0.05) is 19.8 Å². The lowest BCUT2D eigenvalue weighted by Crippen LogP contribution is -2.42. The smallest absolute Gasteiger partial charge is 0.220 e. The zero-order chi connectivity index (χ0) is 9.73. The minimum absolute atomic E-state index is 0.0106. The summed E-state index contributed by atoms with van der Waals surface area (Å²) in [6.45, 7) is 2.73. The van der Waals surface area contributed by atoms with E-state index in [1.165, 1.54) is 0 Å². The molecule has 3 nitrogen and oxygen atoms in total. The molecule has 1 amide bonds. The van der Waals surface area contributed by atoms with Crippen molar-refractivity contribution in [2.45, 2.75) is 51.0 Å². The largest absolute Gasteiger partial charge is 0.349 e. The number of rotatable bonds is 6. The summed E-state index contributed by atoms with van der Waals surface area (Å²) >= 11 is 0. The Morgan fingerprint density at radius 2 is 2.15 bits per heavy atom. The van der Waals surface area contributed by atoms with Gasteiger partial charge in [-0.15, -0.1) is 0 Å². The SMILES string of the molecule is CCCCCC(=O)NC1(CN)CC1. The number of carbonyl (C=O) groups is 1. The van der Waals surface area contributed by atoms with Crippen LogP contribution in [0.1, 0.15) is 45.4 Å². The fourth-order valence-electron chi connectivity index (χ4n) is 1.42. The Hall–Kier alpha value is -0.570. The molecule has 3 N–H and O–H groups in total. The fourth-order valence-corrected chi connectivity index (χ4v) is 1.42. The molecule has 0 saturated heterocycles. The van der Waals surface area contributed by atoms with Gasteiger partial charge in [-0.3, -0.25) is 4.79 Å². The van der Waals surface area contributed by atoms with Crippen molar-refractivity contribution in [2.75, 3.05) is 6.54 Å². The summed E-state index contributed by atoms with van der Waals surface area (Å²) in [6.07, 6.45) is 6.09. The standard InChI is InChI=1S/C10H20N2O/c1-2-3-4-5-9(13)12-10(8-11)6-7-10/h2-8,11H2,1H3,(H,12,13). The third-order valence-corrected chi connectivity index (χ3v) is 2.66. The van der Waals surface area contributed by atoms with Crippen molar-refractivity contribution in [1.29, 1.82) is 0 Å². The third kappa shape index (κ3) is 3.35. The van der Waals surface area contributed by atoms with E-state index >= 15 is 0 Å². The zero-order valence-electron chi connectivity index (χ0n) is 8.44. The lowest BCUT2D eigenvalue weighted by atomic mass is 10.2. The molecule has 13 heavy (non-hydrogen) atoms. The summed E-state index contributed by atoms with van der Waals surface area (Å²) in [5, 5.41) is 3.01. The molecule has 1 aliphatic rings. The van der Waals surface area contributed by atoms with Crippen molar-refractivity contribution in [3.63, 3.8) is 0 Å². The second-order valence-corrected chi connectivity index (χ2v) is 3.99. The van der Waals surface area contributed by atoms with E-state index in [-0.39, 0.29) is 11.4 Å². The summed E-state index contributed by atoms with van der Waals surface area (Å²) in [5.41, 5.74) is 5.55. The molecule has 0 spiro atoms. The molecule has 0 radical (unpaired) electrons. The highest BCUT2D eigenvalue weighted by molar-refractivity contribution is 5.77. The molecular weight excluding hydrogens is 164 g/mol. The lowest BCUT2D eigenvalue weighted by Gasteiger charge is -2.14. The monoisotopic (exact) mass is 184 g/mol. The van der Waals surface area contributed by atoms with Crippen LogP contribution < -0.4 is 11.1 Å². The van der Waals surface area contributed by atoms with E-state index in [9.17, 15) is 4.79 Å². The first-order valence-corrected chi connectivity index (χ1v) is 5.23. The number of unbranched alkanes of at least 4 members (excludes halogenated alkanes) is 2. The topological polar surface area (TPSA) is 55.1 Å². The normalized spacial score (nSPS) is 18.3. The van der Waals surface area contributed by atoms with Gasteiger partial charge in [0, 0.05) is 13.0 Å². The summed E-state index contributed by atoms with van der Waals surface area (Å²) in [7, 11) is 0. The molecule has 0 heterocycles. The average Bonchev–Trinajstić information content (AvgIpc) is 2.86. The molecule has 76 valence electrons. The highest BCUT2D eigenvalue weighted by atomic mass is 16.1. The van der Waals surface area contributed by atoms with E-state index in [1.807, 2.05) is 0 Å². The van der Waals surface area contributed by atoms with Crippen molar-refractivity contribution in [3.05, 3.63) is 0 Å². The first kappa shape index (κ1) is 10.5. The number of hydrogen-bond donors (Lipinski definition) is 2. The van der Waals surface area contributed by atoms with Gasteiger partial charge < -0.3 is 11.1 Å². The molecule has 0 unspecified atom stereocenters. The Balaban J connectivity index is 2.11. The summed E-state index contributed by atoms with van der Waals surface area (Å²) < 4.78 is 0. The van der Waals surface area contributed by atoms with Crippen LogP contribution in [0.15, 0.2) is 0 Å². The first-order valence-electron chi connectivity index (χ1n) is 5.23. The number of nitrogens with two attached hydrogens (primary N) is 1. The second kappa shape index (κ2) is 4.61. The lowest BCUT2D eigenvalue weighted by molar-refractivity contribution is -0.122. The van der Waals surface area contributed by atoms with Crippen LogP contribution in [0, 0.1) is 0 Å². The molecule has 0 atom stereocenters. The first-order chi connectivity index (χ1) is 6.22. The van der Waals surface area contributed by atoms with E-state index in [1.54, 1.807) is 0 Å². The van der Waals surface area contributed by atoms with Crippen LogP contribution in [0.4, 0.5) is 0 Å². The Labute approximate surface area is 80.1 Å². The van der Waals surface area contributed by atoms with Crippen molar-refractivity contribution in [2.24, 2.45) is 5.73 Å². The van der Waals surface area contributed by atoms with Crippen LogP contribution in [0.25, 0.3) is 0 Å². The van der Waals surface area contributed by atoms with Crippen LogP contribution in [0.2, 0.25) is 0 Å². The molecule has 0 aromatic carbocycles. The van der Waals surface area contributed by atoms with E-state index in [2.05, 4.69) is 12.2 Å². The van der Waals surface area contributed by atoms with Crippen LogP contribution in [-0.4, -0.2) is 18.0 Å². The average molecular weight is 184 g/mol. The maximum absolute atomic E-state index is 11.4. The quantitative estimate of drug-likeness (QED) is 0.609. The van der Waals surface area contributed by atoms with Gasteiger partial charge in [0.15, 0.2) is 0 Å². The molecule has 0 aromatic rings. The maximum atomic E-state index is 11.4. The van der Waals surface area contributed by atoms with E-state index in [0.29, 0.717) is 13.0 Å². The van der Waals surface area contributed by atoms with Gasteiger partial charge in [0.05, 0.1) is 5.54 Å². The highest BCUT2D eigenvalue weighted by Crippen LogP contribution is 2.33. The van der Waals surface area contributed by atoms with Crippen molar-refractivity contribution in [1.82, 2.24) is 5.32 Å². The Morgan fingerprint density at radius 3 is 2.62 bits per heavy atom. The number of nitrogens with one attached hydrogen (secondary N) is 1. The summed E-state index contributed by atoms with van der Waals surface area (Å²) in [4.78, 5) is 11.4. The zero-order valence-corrected chi connectivity index (χ0v) is 8.44. The molecule has 1 aliphatic carbocycles. The second-order valence-electron chi connectivity index (χ2n) is 3.99. The van der Waals surface area contributed by atoms with Crippen molar-refractivity contribution < 1.29 is 4.79 Å². The predicted molar refractivity (Wildman–Crippen MR) is 53.3 cm³/mol. The third-order valence-electron chi connectivity index (χ3n) is 2.66. The van der Waals surface area contributed by atoms with Crippen LogP contribution >= 0.6 is 0 Å². The number of amides is 1.